The summed E-state index contributed by atoms with van der Waals surface area (Å²) in [5.41, 5.74) is 0. The maximum atomic E-state index is 11.1. The van der Waals surface area contributed by atoms with Crippen molar-refractivity contribution in [3.05, 3.63) is 0 Å². The number of sulfone groups is 2. The fourth-order valence-electron chi connectivity index (χ4n) is 1.79. The first kappa shape index (κ1) is 8.50. The zero-order chi connectivity index (χ0) is 8.98. The lowest BCUT2D eigenvalue weighted by molar-refractivity contribution is 0.455. The minimum Gasteiger partial charge on any atom is -0.229 e. The van der Waals surface area contributed by atoms with E-state index in [9.17, 15) is 16.8 Å². The van der Waals surface area contributed by atoms with Crippen LogP contribution in [0.15, 0.2) is 0 Å². The summed E-state index contributed by atoms with van der Waals surface area (Å²) in [7, 11) is -5.76. The number of rotatable bonds is 1. The van der Waals surface area contributed by atoms with Crippen molar-refractivity contribution in [1.29, 1.82) is 0 Å². The Morgan fingerprint density at radius 3 is 1.83 bits per heavy atom. The lowest BCUT2D eigenvalue weighted by Gasteiger charge is -2.37. The molecule has 0 bridgehead atoms. The van der Waals surface area contributed by atoms with E-state index in [4.69, 9.17) is 0 Å². The second-order valence-electron chi connectivity index (χ2n) is 3.53. The lowest BCUT2D eigenvalue weighted by Crippen LogP contribution is -2.52. The summed E-state index contributed by atoms with van der Waals surface area (Å²) < 4.78 is 43.7. The topological polar surface area (TPSA) is 68.3 Å². The fourth-order valence-corrected chi connectivity index (χ4v) is 5.38. The average Bonchev–Trinajstić information content (AvgIpc) is 1.81. The van der Waals surface area contributed by atoms with Gasteiger partial charge in [-0.25, -0.2) is 16.8 Å². The molecular weight excluding hydrogens is 200 g/mol. The van der Waals surface area contributed by atoms with Gasteiger partial charge in [0.05, 0.1) is 22.5 Å². The Balaban J connectivity index is 2.07. The van der Waals surface area contributed by atoms with Crippen molar-refractivity contribution < 1.29 is 16.8 Å². The molecule has 70 valence electrons. The molecule has 2 aliphatic rings. The van der Waals surface area contributed by atoms with Gasteiger partial charge in [0.2, 0.25) is 0 Å². The summed E-state index contributed by atoms with van der Waals surface area (Å²) in [6, 6.07) is 0. The van der Waals surface area contributed by atoms with E-state index in [2.05, 4.69) is 0 Å². The molecule has 2 saturated heterocycles. The monoisotopic (exact) mass is 210 g/mol. The van der Waals surface area contributed by atoms with E-state index < -0.39 is 19.7 Å². The van der Waals surface area contributed by atoms with E-state index in [1.807, 2.05) is 0 Å². The second-order valence-corrected chi connectivity index (χ2v) is 8.02. The number of hydrogen-bond donors (Lipinski definition) is 0. The Morgan fingerprint density at radius 1 is 1.00 bits per heavy atom. The minimum absolute atomic E-state index is 0.0803. The molecule has 4 nitrogen and oxygen atoms in total. The lowest BCUT2D eigenvalue weighted by atomic mass is 10.1. The zero-order valence-corrected chi connectivity index (χ0v) is 8.07. The van der Waals surface area contributed by atoms with Crippen molar-refractivity contribution in [1.82, 2.24) is 0 Å². The van der Waals surface area contributed by atoms with Gasteiger partial charge < -0.3 is 0 Å². The normalized spacial score (nSPS) is 38.2. The summed E-state index contributed by atoms with van der Waals surface area (Å²) in [6.07, 6.45) is 0.655. The Hall–Kier alpha value is -0.100. The van der Waals surface area contributed by atoms with Crippen LogP contribution >= 0.6 is 0 Å². The summed E-state index contributed by atoms with van der Waals surface area (Å²) in [6.45, 7) is 0. The highest BCUT2D eigenvalue weighted by atomic mass is 32.2. The number of hydrogen-bond acceptors (Lipinski definition) is 4. The average molecular weight is 210 g/mol. The molecule has 2 rings (SSSR count). The van der Waals surface area contributed by atoms with Gasteiger partial charge in [-0.2, -0.15) is 0 Å². The van der Waals surface area contributed by atoms with Gasteiger partial charge in [0.15, 0.2) is 19.7 Å². The first-order valence-electron chi connectivity index (χ1n) is 3.83. The molecule has 0 N–H and O–H groups in total. The third-order valence-corrected chi connectivity index (χ3v) is 6.83. The predicted octanol–water partition coefficient (Wildman–Crippen LogP) is -0.782. The molecule has 6 heteroatoms. The highest BCUT2D eigenvalue weighted by molar-refractivity contribution is 7.94. The predicted molar refractivity (Wildman–Crippen MR) is 44.3 cm³/mol. The van der Waals surface area contributed by atoms with E-state index in [0.717, 1.165) is 0 Å². The summed E-state index contributed by atoms with van der Waals surface area (Å²) in [5, 5.41) is -0.346. The second kappa shape index (κ2) is 2.23. The molecule has 0 aromatic heterocycles. The summed E-state index contributed by atoms with van der Waals surface area (Å²) in [4.78, 5) is 0. The van der Waals surface area contributed by atoms with Gasteiger partial charge in [-0.3, -0.25) is 0 Å². The SMILES string of the molecule is O=S1(=O)CC(C2CCS2(=O)=O)C1. The van der Waals surface area contributed by atoms with Crippen LogP contribution in [0.1, 0.15) is 6.42 Å². The van der Waals surface area contributed by atoms with Gasteiger partial charge >= 0.3 is 0 Å². The Labute approximate surface area is 71.8 Å². The molecule has 2 heterocycles. The Kier molecular flexibility index (Phi) is 1.58. The van der Waals surface area contributed by atoms with Gasteiger partial charge in [0.25, 0.3) is 0 Å². The molecule has 1 unspecified atom stereocenters. The van der Waals surface area contributed by atoms with Crippen LogP contribution in [0.2, 0.25) is 0 Å². The molecule has 0 aromatic carbocycles. The molecule has 0 radical (unpaired) electrons. The van der Waals surface area contributed by atoms with E-state index in [-0.39, 0.29) is 28.4 Å². The van der Waals surface area contributed by atoms with Crippen LogP contribution in [-0.4, -0.2) is 39.3 Å². The van der Waals surface area contributed by atoms with Gasteiger partial charge in [0.1, 0.15) is 0 Å². The zero-order valence-electron chi connectivity index (χ0n) is 6.43. The van der Waals surface area contributed by atoms with Gasteiger partial charge in [0, 0.05) is 5.92 Å². The largest absolute Gasteiger partial charge is 0.229 e. The van der Waals surface area contributed by atoms with Crippen molar-refractivity contribution in [2.45, 2.75) is 11.7 Å². The van der Waals surface area contributed by atoms with Crippen molar-refractivity contribution in [3.8, 4) is 0 Å². The van der Waals surface area contributed by atoms with Crippen LogP contribution in [0, 0.1) is 5.92 Å². The van der Waals surface area contributed by atoms with Gasteiger partial charge in [-0.15, -0.1) is 0 Å². The highest BCUT2D eigenvalue weighted by Crippen LogP contribution is 2.34. The maximum Gasteiger partial charge on any atom is 0.153 e. The highest BCUT2D eigenvalue weighted by Gasteiger charge is 2.48. The van der Waals surface area contributed by atoms with Gasteiger partial charge in [-0.1, -0.05) is 0 Å². The van der Waals surface area contributed by atoms with E-state index in [1.165, 1.54) is 0 Å². The minimum atomic E-state index is -2.90. The Bertz CT molecular complexity index is 379. The van der Waals surface area contributed by atoms with Crippen molar-refractivity contribution in [2.75, 3.05) is 17.3 Å². The standard InChI is InChI=1S/C6H10O4S2/c7-11(8)3-5(4-11)6-1-2-12(6,9)10/h5-6H,1-4H2. The maximum absolute atomic E-state index is 11.1. The van der Waals surface area contributed by atoms with E-state index in [1.54, 1.807) is 0 Å². The quantitative estimate of drug-likeness (QED) is 0.569. The molecule has 0 aromatic rings. The van der Waals surface area contributed by atoms with Crippen LogP contribution in [-0.2, 0) is 19.7 Å². The third kappa shape index (κ3) is 1.17. The van der Waals surface area contributed by atoms with Crippen LogP contribution in [0.5, 0.6) is 0 Å². The van der Waals surface area contributed by atoms with E-state index in [0.29, 0.717) is 6.42 Å². The smallest absolute Gasteiger partial charge is 0.153 e. The van der Waals surface area contributed by atoms with Crippen LogP contribution in [0.25, 0.3) is 0 Å². The molecule has 2 fully saturated rings. The molecular formula is C6H10O4S2. The van der Waals surface area contributed by atoms with Crippen molar-refractivity contribution in [2.24, 2.45) is 5.92 Å². The van der Waals surface area contributed by atoms with Crippen molar-refractivity contribution in [3.63, 3.8) is 0 Å². The van der Waals surface area contributed by atoms with Crippen LogP contribution in [0.3, 0.4) is 0 Å². The molecule has 12 heavy (non-hydrogen) atoms. The van der Waals surface area contributed by atoms with Crippen LogP contribution < -0.4 is 0 Å². The van der Waals surface area contributed by atoms with E-state index >= 15 is 0 Å². The molecule has 0 aliphatic carbocycles. The Morgan fingerprint density at radius 2 is 1.58 bits per heavy atom. The van der Waals surface area contributed by atoms with Gasteiger partial charge in [-0.05, 0) is 6.42 Å². The third-order valence-electron chi connectivity index (χ3n) is 2.61. The molecule has 2 aliphatic heterocycles. The summed E-state index contributed by atoms with van der Waals surface area (Å²) in [5.74, 6) is 0.302. The molecule has 0 saturated carbocycles. The molecule has 0 spiro atoms. The molecule has 1 atom stereocenters. The summed E-state index contributed by atoms with van der Waals surface area (Å²) >= 11 is 0. The first-order valence-corrected chi connectivity index (χ1v) is 7.36. The van der Waals surface area contributed by atoms with Crippen molar-refractivity contribution >= 4 is 19.7 Å². The molecule has 0 amide bonds. The van der Waals surface area contributed by atoms with Crippen LogP contribution in [0.4, 0.5) is 0 Å². The fraction of sp³-hybridized carbons (Fsp3) is 1.00. The first-order chi connectivity index (χ1) is 5.41.